The van der Waals surface area contributed by atoms with Gasteiger partial charge >= 0.3 is 0 Å². The summed E-state index contributed by atoms with van der Waals surface area (Å²) >= 11 is 1.71. The lowest BCUT2D eigenvalue weighted by molar-refractivity contribution is 0.784. The fraction of sp³-hybridized carbons (Fsp3) is 0.375. The lowest BCUT2D eigenvalue weighted by Gasteiger charge is -1.97. The van der Waals surface area contributed by atoms with E-state index in [1.807, 2.05) is 13.2 Å². The van der Waals surface area contributed by atoms with Gasteiger partial charge in [0.1, 0.15) is 11.4 Å². The number of hydrogen-bond donors (Lipinski definition) is 0. The summed E-state index contributed by atoms with van der Waals surface area (Å²) in [5.41, 5.74) is 0.894. The monoisotopic (exact) mass is 194 g/mol. The lowest BCUT2D eigenvalue weighted by Crippen LogP contribution is -1.92. The Morgan fingerprint density at radius 1 is 1.46 bits per heavy atom. The molecule has 0 spiro atoms. The molecule has 0 fully saturated rings. The first-order valence-electron chi connectivity index (χ1n) is 4.08. The van der Waals surface area contributed by atoms with Crippen LogP contribution in [-0.2, 0) is 7.05 Å². The van der Waals surface area contributed by atoms with Gasteiger partial charge in [-0.25, -0.2) is 9.97 Å². The molecular weight excluding hydrogens is 184 g/mol. The lowest BCUT2D eigenvalue weighted by atomic mass is 10.4. The smallest absolute Gasteiger partial charge is 0.162 e. The number of thioether (sulfide) groups is 1. The van der Waals surface area contributed by atoms with E-state index in [1.165, 1.54) is 0 Å². The highest BCUT2D eigenvalue weighted by Crippen LogP contribution is 2.22. The number of aromatic nitrogens is 4. The number of hydrogen-bond acceptors (Lipinski definition) is 4. The third-order valence-electron chi connectivity index (χ3n) is 1.77. The van der Waals surface area contributed by atoms with Crippen molar-refractivity contribution in [3.63, 3.8) is 0 Å². The zero-order chi connectivity index (χ0) is 9.26. The molecule has 0 aromatic carbocycles. The molecule has 0 radical (unpaired) electrons. The normalized spacial score (nSPS) is 10.9. The van der Waals surface area contributed by atoms with Gasteiger partial charge in [0.25, 0.3) is 0 Å². The minimum atomic E-state index is 0.894. The molecule has 5 heteroatoms. The Morgan fingerprint density at radius 2 is 2.31 bits per heavy atom. The first-order valence-corrected chi connectivity index (χ1v) is 5.07. The van der Waals surface area contributed by atoms with Crippen LogP contribution in [0.3, 0.4) is 0 Å². The van der Waals surface area contributed by atoms with E-state index in [4.69, 9.17) is 0 Å². The highest BCUT2D eigenvalue weighted by Gasteiger charge is 2.06. The second-order valence-corrected chi connectivity index (χ2v) is 3.87. The van der Waals surface area contributed by atoms with Crippen LogP contribution in [0.25, 0.3) is 11.0 Å². The molecule has 0 aliphatic heterocycles. The first kappa shape index (κ1) is 8.50. The van der Waals surface area contributed by atoms with E-state index in [1.54, 1.807) is 22.8 Å². The average Bonchev–Trinajstić information content (AvgIpc) is 2.50. The van der Waals surface area contributed by atoms with Crippen LogP contribution in [-0.4, -0.2) is 25.5 Å². The van der Waals surface area contributed by atoms with Gasteiger partial charge in [-0.15, -0.1) is 11.8 Å². The van der Waals surface area contributed by atoms with Crippen molar-refractivity contribution in [2.24, 2.45) is 7.05 Å². The molecule has 2 aromatic rings. The van der Waals surface area contributed by atoms with Gasteiger partial charge in [-0.3, -0.25) is 4.68 Å². The van der Waals surface area contributed by atoms with Crippen molar-refractivity contribution in [1.29, 1.82) is 0 Å². The van der Waals surface area contributed by atoms with Crippen LogP contribution in [0.2, 0.25) is 0 Å². The SMILES string of the molecule is CCSc1ncnc2c1cnn2C. The van der Waals surface area contributed by atoms with Crippen LogP contribution in [0.1, 0.15) is 6.92 Å². The summed E-state index contributed by atoms with van der Waals surface area (Å²) in [7, 11) is 1.88. The van der Waals surface area contributed by atoms with Gasteiger partial charge in [0.15, 0.2) is 5.65 Å². The molecule has 0 N–H and O–H groups in total. The average molecular weight is 194 g/mol. The molecular formula is C8H10N4S. The van der Waals surface area contributed by atoms with Gasteiger partial charge in [0.05, 0.1) is 11.6 Å². The van der Waals surface area contributed by atoms with Crippen LogP contribution in [0.15, 0.2) is 17.6 Å². The second kappa shape index (κ2) is 3.33. The Bertz CT molecular complexity index is 423. The Morgan fingerprint density at radius 3 is 3.08 bits per heavy atom. The zero-order valence-electron chi connectivity index (χ0n) is 7.56. The van der Waals surface area contributed by atoms with Gasteiger partial charge in [0, 0.05) is 7.05 Å². The van der Waals surface area contributed by atoms with Gasteiger partial charge in [-0.05, 0) is 5.75 Å². The molecule has 68 valence electrons. The second-order valence-electron chi connectivity index (χ2n) is 2.62. The van der Waals surface area contributed by atoms with E-state index >= 15 is 0 Å². The molecule has 0 saturated heterocycles. The van der Waals surface area contributed by atoms with Gasteiger partial charge in [-0.2, -0.15) is 5.10 Å². The van der Waals surface area contributed by atoms with Crippen molar-refractivity contribution < 1.29 is 0 Å². The van der Waals surface area contributed by atoms with Crippen molar-refractivity contribution in [3.05, 3.63) is 12.5 Å². The zero-order valence-corrected chi connectivity index (χ0v) is 8.38. The largest absolute Gasteiger partial charge is 0.250 e. The molecule has 2 rings (SSSR count). The van der Waals surface area contributed by atoms with E-state index in [-0.39, 0.29) is 0 Å². The summed E-state index contributed by atoms with van der Waals surface area (Å²) in [5, 5.41) is 6.19. The molecule has 2 heterocycles. The standard InChI is InChI=1S/C8H10N4S/c1-3-13-8-6-4-11-12(2)7(6)9-5-10-8/h4-5H,3H2,1-2H3. The molecule has 4 nitrogen and oxygen atoms in total. The number of rotatable bonds is 2. The van der Waals surface area contributed by atoms with Crippen LogP contribution >= 0.6 is 11.8 Å². The molecule has 0 unspecified atom stereocenters. The van der Waals surface area contributed by atoms with Crippen LogP contribution in [0.5, 0.6) is 0 Å². The molecule has 0 amide bonds. The van der Waals surface area contributed by atoms with E-state index in [0.29, 0.717) is 0 Å². The van der Waals surface area contributed by atoms with Gasteiger partial charge in [0.2, 0.25) is 0 Å². The Kier molecular flexibility index (Phi) is 2.18. The van der Waals surface area contributed by atoms with Gasteiger partial charge < -0.3 is 0 Å². The minimum absolute atomic E-state index is 0.894. The first-order chi connectivity index (χ1) is 6.33. The quantitative estimate of drug-likeness (QED) is 0.536. The number of nitrogens with zero attached hydrogens (tertiary/aromatic N) is 4. The molecule has 0 aliphatic rings. The summed E-state index contributed by atoms with van der Waals surface area (Å²) in [6.07, 6.45) is 3.40. The topological polar surface area (TPSA) is 43.6 Å². The highest BCUT2D eigenvalue weighted by molar-refractivity contribution is 7.99. The van der Waals surface area contributed by atoms with Crippen molar-refractivity contribution in [2.75, 3.05) is 5.75 Å². The van der Waals surface area contributed by atoms with Crippen molar-refractivity contribution in [2.45, 2.75) is 11.9 Å². The van der Waals surface area contributed by atoms with Crippen LogP contribution in [0.4, 0.5) is 0 Å². The summed E-state index contributed by atoms with van der Waals surface area (Å²) in [6.45, 7) is 2.11. The maximum atomic E-state index is 4.21. The van der Waals surface area contributed by atoms with Crippen molar-refractivity contribution in [1.82, 2.24) is 19.7 Å². The third-order valence-corrected chi connectivity index (χ3v) is 2.66. The predicted molar refractivity (Wildman–Crippen MR) is 52.7 cm³/mol. The number of aryl methyl sites for hydroxylation is 1. The van der Waals surface area contributed by atoms with Crippen LogP contribution < -0.4 is 0 Å². The molecule has 0 aliphatic carbocycles. The Labute approximate surface area is 80.4 Å². The molecule has 0 saturated carbocycles. The molecule has 0 bridgehead atoms. The minimum Gasteiger partial charge on any atom is -0.250 e. The fourth-order valence-corrected chi connectivity index (χ4v) is 1.89. The van der Waals surface area contributed by atoms with Crippen LogP contribution in [0, 0.1) is 0 Å². The van der Waals surface area contributed by atoms with Crippen molar-refractivity contribution >= 4 is 22.8 Å². The van der Waals surface area contributed by atoms with E-state index in [0.717, 1.165) is 21.8 Å². The van der Waals surface area contributed by atoms with E-state index in [9.17, 15) is 0 Å². The van der Waals surface area contributed by atoms with Crippen molar-refractivity contribution in [3.8, 4) is 0 Å². The maximum Gasteiger partial charge on any atom is 0.162 e. The fourth-order valence-electron chi connectivity index (χ4n) is 1.19. The molecule has 0 atom stereocenters. The highest BCUT2D eigenvalue weighted by atomic mass is 32.2. The summed E-state index contributed by atoms with van der Waals surface area (Å²) in [4.78, 5) is 8.37. The molecule has 2 aromatic heterocycles. The number of fused-ring (bicyclic) bond motifs is 1. The van der Waals surface area contributed by atoms with E-state index in [2.05, 4.69) is 22.0 Å². The summed E-state index contributed by atoms with van der Waals surface area (Å²) < 4.78 is 1.76. The summed E-state index contributed by atoms with van der Waals surface area (Å²) in [6, 6.07) is 0. The summed E-state index contributed by atoms with van der Waals surface area (Å²) in [5.74, 6) is 1.01. The Balaban J connectivity index is 2.63. The third kappa shape index (κ3) is 1.39. The molecule has 13 heavy (non-hydrogen) atoms. The maximum absolute atomic E-state index is 4.21. The predicted octanol–water partition coefficient (Wildman–Crippen LogP) is 1.48. The van der Waals surface area contributed by atoms with Gasteiger partial charge in [-0.1, -0.05) is 6.92 Å². The van der Waals surface area contributed by atoms with E-state index < -0.39 is 0 Å². The Hall–Kier alpha value is -1.10.